The van der Waals surface area contributed by atoms with Gasteiger partial charge in [0.05, 0.1) is 0 Å². The average Bonchev–Trinajstić information content (AvgIpc) is 2.38. The Kier molecular flexibility index (Phi) is 4.16. The zero-order valence-corrected chi connectivity index (χ0v) is 12.4. The van der Waals surface area contributed by atoms with Gasteiger partial charge in [-0.15, -0.1) is 0 Å². The molecule has 1 aliphatic rings. The smallest absolute Gasteiger partial charge is 0.319 e. The van der Waals surface area contributed by atoms with E-state index in [1.54, 1.807) is 25.4 Å². The highest BCUT2D eigenvalue weighted by Gasteiger charge is 2.27. The molecule has 5 nitrogen and oxygen atoms in total. The maximum atomic E-state index is 11.9. The Hall–Kier alpha value is -1.78. The van der Waals surface area contributed by atoms with Crippen LogP contribution in [0.25, 0.3) is 0 Å². The molecule has 0 unspecified atom stereocenters. The zero-order chi connectivity index (χ0) is 14.8. The molecule has 0 aromatic carbocycles. The number of carbonyl (C=O) groups is 1. The predicted molar refractivity (Wildman–Crippen MR) is 79.9 cm³/mol. The first-order valence-corrected chi connectivity index (χ1v) is 7.10. The average molecular weight is 277 g/mol. The molecular weight excluding hydrogens is 254 g/mol. The van der Waals surface area contributed by atoms with Crippen LogP contribution in [0.1, 0.15) is 39.5 Å². The molecule has 1 fully saturated rings. The summed E-state index contributed by atoms with van der Waals surface area (Å²) in [6, 6.07) is 3.26. The SMILES string of the molecule is Cn1cccc(NC(=O)NC2CCC(C)(C)CC2)c1=O. The van der Waals surface area contributed by atoms with Gasteiger partial charge in [0.15, 0.2) is 0 Å². The summed E-state index contributed by atoms with van der Waals surface area (Å²) in [4.78, 5) is 23.7. The van der Waals surface area contributed by atoms with Crippen molar-refractivity contribution in [3.8, 4) is 0 Å². The highest BCUT2D eigenvalue weighted by Crippen LogP contribution is 2.34. The molecule has 2 N–H and O–H groups in total. The summed E-state index contributed by atoms with van der Waals surface area (Å²) in [5, 5.41) is 5.59. The van der Waals surface area contributed by atoms with E-state index in [-0.39, 0.29) is 17.6 Å². The molecule has 0 atom stereocenters. The fourth-order valence-electron chi connectivity index (χ4n) is 2.58. The first-order chi connectivity index (χ1) is 9.37. The Labute approximate surface area is 119 Å². The summed E-state index contributed by atoms with van der Waals surface area (Å²) in [5.41, 5.74) is 0.486. The second-order valence-corrected chi connectivity index (χ2v) is 6.37. The summed E-state index contributed by atoms with van der Waals surface area (Å²) in [5.74, 6) is 0. The largest absolute Gasteiger partial charge is 0.335 e. The van der Waals surface area contributed by atoms with E-state index < -0.39 is 0 Å². The Morgan fingerprint density at radius 2 is 2.00 bits per heavy atom. The Morgan fingerprint density at radius 3 is 2.65 bits per heavy atom. The van der Waals surface area contributed by atoms with Crippen molar-refractivity contribution in [1.82, 2.24) is 9.88 Å². The summed E-state index contributed by atoms with van der Waals surface area (Å²) < 4.78 is 1.44. The number of hydrogen-bond acceptors (Lipinski definition) is 2. The molecule has 110 valence electrons. The van der Waals surface area contributed by atoms with Gasteiger partial charge in [-0.2, -0.15) is 0 Å². The Bertz CT molecular complexity index is 538. The van der Waals surface area contributed by atoms with Crippen molar-refractivity contribution in [3.05, 3.63) is 28.7 Å². The van der Waals surface area contributed by atoms with E-state index >= 15 is 0 Å². The van der Waals surface area contributed by atoms with Crippen molar-refractivity contribution < 1.29 is 4.79 Å². The van der Waals surface area contributed by atoms with Gasteiger partial charge >= 0.3 is 6.03 Å². The third kappa shape index (κ3) is 3.62. The second kappa shape index (κ2) is 5.69. The first kappa shape index (κ1) is 14.6. The van der Waals surface area contributed by atoms with Crippen LogP contribution >= 0.6 is 0 Å². The van der Waals surface area contributed by atoms with E-state index in [4.69, 9.17) is 0 Å². The molecule has 5 heteroatoms. The van der Waals surface area contributed by atoms with Crippen LogP contribution in [0.3, 0.4) is 0 Å². The van der Waals surface area contributed by atoms with Gasteiger partial charge in [-0.05, 0) is 43.2 Å². The maximum absolute atomic E-state index is 11.9. The van der Waals surface area contributed by atoms with Crippen LogP contribution in [-0.4, -0.2) is 16.6 Å². The summed E-state index contributed by atoms with van der Waals surface area (Å²) in [6.45, 7) is 4.52. The number of anilines is 1. The Balaban J connectivity index is 1.90. The van der Waals surface area contributed by atoms with Crippen molar-refractivity contribution in [2.75, 3.05) is 5.32 Å². The molecule has 1 aromatic heterocycles. The lowest BCUT2D eigenvalue weighted by Crippen LogP contribution is -2.42. The number of urea groups is 1. The molecule has 2 amide bonds. The summed E-state index contributed by atoms with van der Waals surface area (Å²) >= 11 is 0. The lowest BCUT2D eigenvalue weighted by atomic mass is 9.76. The molecule has 0 radical (unpaired) electrons. The first-order valence-electron chi connectivity index (χ1n) is 7.10. The topological polar surface area (TPSA) is 63.1 Å². The van der Waals surface area contributed by atoms with Crippen LogP contribution in [0, 0.1) is 5.41 Å². The van der Waals surface area contributed by atoms with Crippen LogP contribution in [-0.2, 0) is 7.05 Å². The van der Waals surface area contributed by atoms with Gasteiger partial charge < -0.3 is 15.2 Å². The van der Waals surface area contributed by atoms with E-state index in [0.717, 1.165) is 25.7 Å². The molecular formula is C15H23N3O2. The molecule has 1 heterocycles. The standard InChI is InChI=1S/C15H23N3O2/c1-15(2)8-6-11(7-9-15)16-14(20)17-12-5-4-10-18(3)13(12)19/h4-5,10-11H,6-9H2,1-3H3,(H2,16,17,20). The number of carbonyl (C=O) groups excluding carboxylic acids is 1. The van der Waals surface area contributed by atoms with E-state index in [2.05, 4.69) is 24.5 Å². The number of rotatable bonds is 2. The lowest BCUT2D eigenvalue weighted by molar-refractivity contribution is 0.202. The summed E-state index contributed by atoms with van der Waals surface area (Å²) in [6.07, 6.45) is 5.88. The van der Waals surface area contributed by atoms with Crippen molar-refractivity contribution in [1.29, 1.82) is 0 Å². The van der Waals surface area contributed by atoms with Gasteiger partial charge in [0.1, 0.15) is 5.69 Å². The third-order valence-corrected chi connectivity index (χ3v) is 4.05. The Morgan fingerprint density at radius 1 is 1.35 bits per heavy atom. The van der Waals surface area contributed by atoms with E-state index in [9.17, 15) is 9.59 Å². The fourth-order valence-corrected chi connectivity index (χ4v) is 2.58. The molecule has 0 aliphatic heterocycles. The summed E-state index contributed by atoms with van der Waals surface area (Å²) in [7, 11) is 1.66. The maximum Gasteiger partial charge on any atom is 0.319 e. The van der Waals surface area contributed by atoms with E-state index in [1.165, 1.54) is 4.57 Å². The minimum absolute atomic E-state index is 0.201. The van der Waals surface area contributed by atoms with Gasteiger partial charge in [0.2, 0.25) is 0 Å². The zero-order valence-electron chi connectivity index (χ0n) is 12.4. The van der Waals surface area contributed by atoms with Gasteiger partial charge in [-0.1, -0.05) is 13.8 Å². The van der Waals surface area contributed by atoms with Gasteiger partial charge in [0.25, 0.3) is 5.56 Å². The van der Waals surface area contributed by atoms with Gasteiger partial charge in [-0.25, -0.2) is 4.79 Å². The number of aryl methyl sites for hydroxylation is 1. The quantitative estimate of drug-likeness (QED) is 0.872. The van der Waals surface area contributed by atoms with E-state index in [0.29, 0.717) is 11.1 Å². The molecule has 1 saturated carbocycles. The molecule has 0 bridgehead atoms. The fraction of sp³-hybridized carbons (Fsp3) is 0.600. The number of nitrogens with one attached hydrogen (secondary N) is 2. The second-order valence-electron chi connectivity index (χ2n) is 6.37. The molecule has 0 saturated heterocycles. The van der Waals surface area contributed by atoms with Crippen molar-refractivity contribution in [3.63, 3.8) is 0 Å². The normalized spacial score (nSPS) is 18.6. The van der Waals surface area contributed by atoms with Gasteiger partial charge in [0, 0.05) is 19.3 Å². The monoisotopic (exact) mass is 277 g/mol. The lowest BCUT2D eigenvalue weighted by Gasteiger charge is -2.34. The number of amides is 2. The minimum atomic E-state index is -0.294. The predicted octanol–water partition coefficient (Wildman–Crippen LogP) is 2.48. The molecule has 0 spiro atoms. The van der Waals surface area contributed by atoms with Crippen molar-refractivity contribution >= 4 is 11.7 Å². The van der Waals surface area contributed by atoms with Crippen LogP contribution < -0.4 is 16.2 Å². The van der Waals surface area contributed by atoms with Crippen LogP contribution in [0.15, 0.2) is 23.1 Å². The van der Waals surface area contributed by atoms with Crippen molar-refractivity contribution in [2.45, 2.75) is 45.6 Å². The molecule has 1 aromatic rings. The van der Waals surface area contributed by atoms with E-state index in [1.807, 2.05) is 0 Å². The number of hydrogen-bond donors (Lipinski definition) is 2. The molecule has 20 heavy (non-hydrogen) atoms. The minimum Gasteiger partial charge on any atom is -0.335 e. The number of aromatic nitrogens is 1. The number of nitrogens with zero attached hydrogens (tertiary/aromatic N) is 1. The van der Waals surface area contributed by atoms with Crippen molar-refractivity contribution in [2.24, 2.45) is 12.5 Å². The number of pyridine rings is 1. The third-order valence-electron chi connectivity index (χ3n) is 4.05. The molecule has 1 aliphatic carbocycles. The van der Waals surface area contributed by atoms with Crippen LogP contribution in [0.5, 0.6) is 0 Å². The highest BCUT2D eigenvalue weighted by atomic mass is 16.2. The highest BCUT2D eigenvalue weighted by molar-refractivity contribution is 5.89. The van der Waals surface area contributed by atoms with Crippen LogP contribution in [0.4, 0.5) is 10.5 Å². The molecule has 2 rings (SSSR count). The van der Waals surface area contributed by atoms with Crippen LogP contribution in [0.2, 0.25) is 0 Å². The van der Waals surface area contributed by atoms with Gasteiger partial charge in [-0.3, -0.25) is 4.79 Å².